The fraction of sp³-hybridized carbons (Fsp3) is 0.286. The molecule has 3 rings (SSSR count). The SMILES string of the molecule is C=C(CCN(C)C(=O)c1cc(Cl)c2c(c1)OCO2)c1ccc(OC)c(OC)c1. The molecule has 0 bridgehead atoms. The van der Waals surface area contributed by atoms with E-state index in [0.29, 0.717) is 46.5 Å². The van der Waals surface area contributed by atoms with E-state index in [-0.39, 0.29) is 12.7 Å². The summed E-state index contributed by atoms with van der Waals surface area (Å²) in [6.45, 7) is 4.73. The second-order valence-electron chi connectivity index (χ2n) is 6.34. The van der Waals surface area contributed by atoms with Gasteiger partial charge in [0, 0.05) is 19.2 Å². The van der Waals surface area contributed by atoms with Crippen LogP contribution in [0, 0.1) is 0 Å². The van der Waals surface area contributed by atoms with Crippen LogP contribution in [-0.2, 0) is 0 Å². The maximum Gasteiger partial charge on any atom is 0.253 e. The molecule has 0 fully saturated rings. The van der Waals surface area contributed by atoms with Gasteiger partial charge in [-0.05, 0) is 41.8 Å². The Morgan fingerprint density at radius 2 is 1.89 bits per heavy atom. The first-order valence-electron chi connectivity index (χ1n) is 8.69. The molecule has 0 unspecified atom stereocenters. The summed E-state index contributed by atoms with van der Waals surface area (Å²) in [6.07, 6.45) is 0.607. The number of halogens is 1. The van der Waals surface area contributed by atoms with Crippen LogP contribution in [0.1, 0.15) is 22.3 Å². The molecule has 1 heterocycles. The average Bonchev–Trinajstić information content (AvgIpc) is 3.19. The van der Waals surface area contributed by atoms with Crippen molar-refractivity contribution in [2.45, 2.75) is 6.42 Å². The maximum absolute atomic E-state index is 12.7. The zero-order chi connectivity index (χ0) is 20.3. The molecular formula is C21H22ClNO5. The molecule has 2 aromatic rings. The van der Waals surface area contributed by atoms with E-state index in [1.165, 1.54) is 0 Å². The Labute approximate surface area is 169 Å². The van der Waals surface area contributed by atoms with Crippen molar-refractivity contribution in [3.05, 3.63) is 53.1 Å². The fourth-order valence-electron chi connectivity index (χ4n) is 2.92. The summed E-state index contributed by atoms with van der Waals surface area (Å²) in [6, 6.07) is 8.87. The Balaban J connectivity index is 1.65. The van der Waals surface area contributed by atoms with Crippen LogP contribution in [0.25, 0.3) is 5.57 Å². The number of ether oxygens (including phenoxy) is 4. The number of rotatable bonds is 7. The van der Waals surface area contributed by atoms with Gasteiger partial charge in [0.25, 0.3) is 5.91 Å². The molecule has 0 aliphatic carbocycles. The van der Waals surface area contributed by atoms with Gasteiger partial charge in [-0.25, -0.2) is 0 Å². The summed E-state index contributed by atoms with van der Waals surface area (Å²) in [7, 11) is 4.92. The molecule has 7 heteroatoms. The van der Waals surface area contributed by atoms with Crippen LogP contribution in [0.2, 0.25) is 5.02 Å². The Bertz CT molecular complexity index is 912. The third-order valence-electron chi connectivity index (χ3n) is 4.56. The molecule has 0 radical (unpaired) electrons. The molecule has 0 spiro atoms. The van der Waals surface area contributed by atoms with Crippen LogP contribution in [0.5, 0.6) is 23.0 Å². The zero-order valence-electron chi connectivity index (χ0n) is 16.1. The topological polar surface area (TPSA) is 57.2 Å². The first kappa shape index (κ1) is 19.9. The van der Waals surface area contributed by atoms with E-state index in [0.717, 1.165) is 11.1 Å². The Hall–Kier alpha value is -2.86. The van der Waals surface area contributed by atoms with Crippen molar-refractivity contribution in [3.63, 3.8) is 0 Å². The van der Waals surface area contributed by atoms with Gasteiger partial charge in [0.1, 0.15) is 0 Å². The lowest BCUT2D eigenvalue weighted by Crippen LogP contribution is -2.27. The van der Waals surface area contributed by atoms with Crippen molar-refractivity contribution < 1.29 is 23.7 Å². The van der Waals surface area contributed by atoms with Gasteiger partial charge in [-0.15, -0.1) is 0 Å². The van der Waals surface area contributed by atoms with E-state index in [9.17, 15) is 4.79 Å². The van der Waals surface area contributed by atoms with Crippen molar-refractivity contribution in [3.8, 4) is 23.0 Å². The third kappa shape index (κ3) is 4.02. The van der Waals surface area contributed by atoms with Gasteiger partial charge in [0.15, 0.2) is 23.0 Å². The summed E-state index contributed by atoms with van der Waals surface area (Å²) in [5.41, 5.74) is 2.28. The highest BCUT2D eigenvalue weighted by molar-refractivity contribution is 6.32. The zero-order valence-corrected chi connectivity index (χ0v) is 16.8. The fourth-order valence-corrected chi connectivity index (χ4v) is 3.18. The van der Waals surface area contributed by atoms with Gasteiger partial charge in [0.05, 0.1) is 19.2 Å². The van der Waals surface area contributed by atoms with Crippen LogP contribution < -0.4 is 18.9 Å². The number of benzene rings is 2. The van der Waals surface area contributed by atoms with Crippen molar-refractivity contribution >= 4 is 23.1 Å². The second kappa shape index (κ2) is 8.44. The first-order valence-corrected chi connectivity index (χ1v) is 9.07. The Morgan fingerprint density at radius 1 is 1.14 bits per heavy atom. The van der Waals surface area contributed by atoms with E-state index in [4.69, 9.17) is 30.5 Å². The molecule has 148 valence electrons. The number of amides is 1. The Kier molecular flexibility index (Phi) is 5.99. The van der Waals surface area contributed by atoms with Crippen LogP contribution in [-0.4, -0.2) is 45.4 Å². The predicted octanol–water partition coefficient (Wildman–Crippen LogP) is 4.26. The molecule has 6 nitrogen and oxygen atoms in total. The maximum atomic E-state index is 12.7. The van der Waals surface area contributed by atoms with Crippen molar-refractivity contribution in [1.82, 2.24) is 4.90 Å². The van der Waals surface area contributed by atoms with E-state index in [1.807, 2.05) is 18.2 Å². The lowest BCUT2D eigenvalue weighted by atomic mass is 10.0. The third-order valence-corrected chi connectivity index (χ3v) is 4.84. The molecule has 0 atom stereocenters. The summed E-state index contributed by atoms with van der Waals surface area (Å²) in [5.74, 6) is 2.11. The number of carbonyl (C=O) groups excluding carboxylic acids is 1. The number of fused-ring (bicyclic) bond motifs is 1. The van der Waals surface area contributed by atoms with E-state index >= 15 is 0 Å². The van der Waals surface area contributed by atoms with Crippen molar-refractivity contribution in [2.75, 3.05) is 34.6 Å². The lowest BCUT2D eigenvalue weighted by molar-refractivity contribution is 0.0797. The second-order valence-corrected chi connectivity index (χ2v) is 6.75. The smallest absolute Gasteiger partial charge is 0.253 e. The van der Waals surface area contributed by atoms with Crippen molar-refractivity contribution in [2.24, 2.45) is 0 Å². The summed E-state index contributed by atoms with van der Waals surface area (Å²) < 4.78 is 21.2. The number of nitrogens with zero attached hydrogens (tertiary/aromatic N) is 1. The van der Waals surface area contributed by atoms with Crippen molar-refractivity contribution in [1.29, 1.82) is 0 Å². The Morgan fingerprint density at radius 3 is 2.61 bits per heavy atom. The predicted molar refractivity (Wildman–Crippen MR) is 108 cm³/mol. The van der Waals surface area contributed by atoms with Gasteiger partial charge in [-0.2, -0.15) is 0 Å². The molecule has 1 amide bonds. The highest BCUT2D eigenvalue weighted by atomic mass is 35.5. The van der Waals surface area contributed by atoms with Gasteiger partial charge in [0.2, 0.25) is 6.79 Å². The standard InChI is InChI=1S/C21H22ClNO5/c1-13(14-5-6-17(25-3)18(10-14)26-4)7-8-23(2)21(24)15-9-16(22)20-19(11-15)27-12-28-20/h5-6,9-11H,1,7-8,12H2,2-4H3. The molecule has 1 aliphatic rings. The number of hydrogen-bond acceptors (Lipinski definition) is 5. The molecule has 0 N–H and O–H groups in total. The minimum Gasteiger partial charge on any atom is -0.493 e. The average molecular weight is 404 g/mol. The van der Waals surface area contributed by atoms with E-state index < -0.39 is 0 Å². The van der Waals surface area contributed by atoms with Gasteiger partial charge in [-0.3, -0.25) is 4.79 Å². The summed E-state index contributed by atoms with van der Waals surface area (Å²) >= 11 is 6.17. The molecule has 0 saturated carbocycles. The molecule has 2 aromatic carbocycles. The molecule has 0 saturated heterocycles. The lowest BCUT2D eigenvalue weighted by Gasteiger charge is -2.19. The molecular weight excluding hydrogens is 382 g/mol. The van der Waals surface area contributed by atoms with Crippen LogP contribution in [0.4, 0.5) is 0 Å². The highest BCUT2D eigenvalue weighted by Crippen LogP contribution is 2.40. The minimum atomic E-state index is -0.152. The molecule has 28 heavy (non-hydrogen) atoms. The van der Waals surface area contributed by atoms with E-state index in [1.54, 1.807) is 38.3 Å². The van der Waals surface area contributed by atoms with Gasteiger partial charge < -0.3 is 23.8 Å². The summed E-state index contributed by atoms with van der Waals surface area (Å²) in [4.78, 5) is 14.4. The first-order chi connectivity index (χ1) is 13.4. The van der Waals surface area contributed by atoms with Gasteiger partial charge in [-0.1, -0.05) is 24.2 Å². The quantitative estimate of drug-likeness (QED) is 0.691. The van der Waals surface area contributed by atoms with Gasteiger partial charge >= 0.3 is 0 Å². The normalized spacial score (nSPS) is 11.9. The summed E-state index contributed by atoms with van der Waals surface area (Å²) in [5, 5.41) is 0.362. The number of hydrogen-bond donors (Lipinski definition) is 0. The van der Waals surface area contributed by atoms with E-state index in [2.05, 4.69) is 6.58 Å². The monoisotopic (exact) mass is 403 g/mol. The van der Waals surface area contributed by atoms with Crippen LogP contribution in [0.15, 0.2) is 36.9 Å². The highest BCUT2D eigenvalue weighted by Gasteiger charge is 2.22. The molecule has 0 aromatic heterocycles. The number of carbonyl (C=O) groups is 1. The molecule has 1 aliphatic heterocycles. The number of methoxy groups -OCH3 is 2. The van der Waals surface area contributed by atoms with Crippen LogP contribution >= 0.6 is 11.6 Å². The minimum absolute atomic E-state index is 0.105. The van der Waals surface area contributed by atoms with Crippen LogP contribution in [0.3, 0.4) is 0 Å². The largest absolute Gasteiger partial charge is 0.493 e.